The summed E-state index contributed by atoms with van der Waals surface area (Å²) < 4.78 is 4.70. The van der Waals surface area contributed by atoms with Gasteiger partial charge in [0, 0.05) is 12.8 Å². The van der Waals surface area contributed by atoms with Crippen molar-refractivity contribution in [2.24, 2.45) is 0 Å². The summed E-state index contributed by atoms with van der Waals surface area (Å²) in [5.41, 5.74) is 0. The van der Waals surface area contributed by atoms with Crippen LogP contribution in [0.3, 0.4) is 0 Å². The van der Waals surface area contributed by atoms with Gasteiger partial charge >= 0.3 is 5.97 Å². The molecule has 78 valence electrons. The van der Waals surface area contributed by atoms with E-state index in [0.717, 1.165) is 6.42 Å². The number of rotatable bonds is 6. The molecule has 0 radical (unpaired) electrons. The van der Waals surface area contributed by atoms with Crippen LogP contribution in [0.2, 0.25) is 0 Å². The van der Waals surface area contributed by atoms with Gasteiger partial charge in [-0.2, -0.15) is 0 Å². The summed E-state index contributed by atoms with van der Waals surface area (Å²) in [7, 11) is 0. The molecule has 1 atom stereocenters. The average molecular weight is 190 g/mol. The van der Waals surface area contributed by atoms with Crippen LogP contribution >= 0.6 is 0 Å². The zero-order chi connectivity index (χ0) is 10.3. The Balaban J connectivity index is 4.02. The van der Waals surface area contributed by atoms with Crippen LogP contribution < -0.4 is 0 Å². The van der Waals surface area contributed by atoms with Crippen LogP contribution in [0.15, 0.2) is 0 Å². The first-order valence-corrected chi connectivity index (χ1v) is 4.63. The van der Waals surface area contributed by atoms with Gasteiger partial charge < -0.3 is 14.9 Å². The molecule has 2 N–H and O–H groups in total. The highest BCUT2D eigenvalue weighted by Gasteiger charge is 2.29. The maximum absolute atomic E-state index is 10.9. The molecule has 0 aliphatic rings. The molecule has 0 bridgehead atoms. The van der Waals surface area contributed by atoms with Gasteiger partial charge in [-0.3, -0.25) is 4.79 Å². The van der Waals surface area contributed by atoms with Crippen LogP contribution in [0.25, 0.3) is 0 Å². The second kappa shape index (κ2) is 5.94. The molecule has 0 aliphatic carbocycles. The molecule has 0 aliphatic heterocycles. The third kappa shape index (κ3) is 4.85. The first-order valence-electron chi connectivity index (χ1n) is 4.63. The standard InChI is InChI=1S/C9H18O4/c1-3-5-6-9(12,7-10)13-8(11)4-2/h10,12H,3-7H2,1-2H3. The molecule has 0 saturated heterocycles. The van der Waals surface area contributed by atoms with Gasteiger partial charge in [0.25, 0.3) is 0 Å². The SMILES string of the molecule is CCCCC(O)(CO)OC(=O)CC. The van der Waals surface area contributed by atoms with Crippen molar-refractivity contribution in [3.63, 3.8) is 0 Å². The quantitative estimate of drug-likeness (QED) is 0.480. The van der Waals surface area contributed by atoms with Gasteiger partial charge in [0.05, 0.1) is 0 Å². The van der Waals surface area contributed by atoms with E-state index in [1.807, 2.05) is 6.92 Å². The second-order valence-electron chi connectivity index (χ2n) is 3.04. The first kappa shape index (κ1) is 12.4. The van der Waals surface area contributed by atoms with Crippen molar-refractivity contribution in [1.82, 2.24) is 0 Å². The number of carbonyl (C=O) groups excluding carboxylic acids is 1. The minimum atomic E-state index is -1.68. The molecule has 0 amide bonds. The van der Waals surface area contributed by atoms with Gasteiger partial charge in [0.1, 0.15) is 6.61 Å². The lowest BCUT2D eigenvalue weighted by Gasteiger charge is -2.25. The van der Waals surface area contributed by atoms with E-state index in [2.05, 4.69) is 0 Å². The van der Waals surface area contributed by atoms with E-state index >= 15 is 0 Å². The maximum atomic E-state index is 10.9. The second-order valence-corrected chi connectivity index (χ2v) is 3.04. The molecule has 0 fully saturated rings. The van der Waals surface area contributed by atoms with Crippen molar-refractivity contribution >= 4 is 5.97 Å². The predicted octanol–water partition coefficient (Wildman–Crippen LogP) is 0.811. The molecule has 4 heteroatoms. The highest BCUT2D eigenvalue weighted by molar-refractivity contribution is 5.69. The summed E-state index contributed by atoms with van der Waals surface area (Å²) in [6.45, 7) is 3.05. The Labute approximate surface area is 78.5 Å². The largest absolute Gasteiger partial charge is 0.431 e. The average Bonchev–Trinajstić information content (AvgIpc) is 2.14. The zero-order valence-corrected chi connectivity index (χ0v) is 8.25. The third-order valence-electron chi connectivity index (χ3n) is 1.76. The van der Waals surface area contributed by atoms with Crippen molar-refractivity contribution in [3.05, 3.63) is 0 Å². The van der Waals surface area contributed by atoms with E-state index in [4.69, 9.17) is 9.84 Å². The van der Waals surface area contributed by atoms with E-state index < -0.39 is 18.4 Å². The molecule has 0 saturated carbocycles. The van der Waals surface area contributed by atoms with Gasteiger partial charge in [0.15, 0.2) is 0 Å². The molecule has 0 rings (SSSR count). The monoisotopic (exact) mass is 190 g/mol. The summed E-state index contributed by atoms with van der Waals surface area (Å²) in [6.07, 6.45) is 2.08. The topological polar surface area (TPSA) is 66.8 Å². The third-order valence-corrected chi connectivity index (χ3v) is 1.76. The Kier molecular flexibility index (Phi) is 5.66. The minimum absolute atomic E-state index is 0.203. The lowest BCUT2D eigenvalue weighted by Crippen LogP contribution is -2.38. The van der Waals surface area contributed by atoms with Crippen LogP contribution in [0.4, 0.5) is 0 Å². The number of carbonyl (C=O) groups is 1. The Morgan fingerprint density at radius 2 is 2.08 bits per heavy atom. The van der Waals surface area contributed by atoms with Gasteiger partial charge in [-0.1, -0.05) is 20.3 Å². The molecule has 0 spiro atoms. The van der Waals surface area contributed by atoms with Gasteiger partial charge in [0.2, 0.25) is 5.79 Å². The lowest BCUT2D eigenvalue weighted by molar-refractivity contribution is -0.225. The number of hydrogen-bond donors (Lipinski definition) is 2. The molecule has 0 aromatic carbocycles. The van der Waals surface area contributed by atoms with Crippen LogP contribution in [0.1, 0.15) is 39.5 Å². The van der Waals surface area contributed by atoms with Crippen LogP contribution in [0, 0.1) is 0 Å². The number of esters is 1. The maximum Gasteiger partial charge on any atom is 0.308 e. The first-order chi connectivity index (χ1) is 6.08. The van der Waals surface area contributed by atoms with Crippen LogP contribution in [0.5, 0.6) is 0 Å². The van der Waals surface area contributed by atoms with Crippen molar-refractivity contribution in [3.8, 4) is 0 Å². The summed E-state index contributed by atoms with van der Waals surface area (Å²) in [4.78, 5) is 10.9. The minimum Gasteiger partial charge on any atom is -0.431 e. The summed E-state index contributed by atoms with van der Waals surface area (Å²) >= 11 is 0. The lowest BCUT2D eigenvalue weighted by atomic mass is 10.1. The normalized spacial score (nSPS) is 15.1. The molecular weight excluding hydrogens is 172 g/mol. The van der Waals surface area contributed by atoms with Crippen molar-refractivity contribution < 1.29 is 19.7 Å². The fourth-order valence-electron chi connectivity index (χ4n) is 0.899. The highest BCUT2D eigenvalue weighted by atomic mass is 16.7. The van der Waals surface area contributed by atoms with E-state index in [1.165, 1.54) is 0 Å². The van der Waals surface area contributed by atoms with Gasteiger partial charge in [-0.05, 0) is 6.42 Å². The van der Waals surface area contributed by atoms with Crippen LogP contribution in [-0.4, -0.2) is 28.6 Å². The smallest absolute Gasteiger partial charge is 0.308 e. The van der Waals surface area contributed by atoms with E-state index in [1.54, 1.807) is 6.92 Å². The van der Waals surface area contributed by atoms with Crippen molar-refractivity contribution in [2.75, 3.05) is 6.61 Å². The van der Waals surface area contributed by atoms with E-state index in [9.17, 15) is 9.90 Å². The molecule has 13 heavy (non-hydrogen) atoms. The Hall–Kier alpha value is -0.610. The predicted molar refractivity (Wildman–Crippen MR) is 47.9 cm³/mol. The number of ether oxygens (including phenoxy) is 1. The number of hydrogen-bond acceptors (Lipinski definition) is 4. The Morgan fingerprint density at radius 3 is 2.46 bits per heavy atom. The fourth-order valence-corrected chi connectivity index (χ4v) is 0.899. The summed E-state index contributed by atoms with van der Waals surface area (Å²) in [6, 6.07) is 0. The molecule has 0 heterocycles. The van der Waals surface area contributed by atoms with Crippen molar-refractivity contribution in [2.45, 2.75) is 45.3 Å². The van der Waals surface area contributed by atoms with E-state index in [0.29, 0.717) is 6.42 Å². The Morgan fingerprint density at radius 1 is 1.46 bits per heavy atom. The van der Waals surface area contributed by atoms with Crippen LogP contribution in [-0.2, 0) is 9.53 Å². The summed E-state index contributed by atoms with van der Waals surface area (Å²) in [5.74, 6) is -2.17. The zero-order valence-electron chi connectivity index (χ0n) is 8.25. The highest BCUT2D eigenvalue weighted by Crippen LogP contribution is 2.16. The molecule has 4 nitrogen and oxygen atoms in total. The van der Waals surface area contributed by atoms with Crippen molar-refractivity contribution in [1.29, 1.82) is 0 Å². The fraction of sp³-hybridized carbons (Fsp3) is 0.889. The number of aliphatic hydroxyl groups excluding tert-OH is 1. The molecule has 0 aromatic rings. The number of unbranched alkanes of at least 4 members (excludes halogenated alkanes) is 1. The summed E-state index contributed by atoms with van der Waals surface area (Å²) in [5, 5.41) is 18.4. The van der Waals surface area contributed by atoms with Gasteiger partial charge in [-0.15, -0.1) is 0 Å². The Bertz CT molecular complexity index is 158. The van der Waals surface area contributed by atoms with E-state index in [-0.39, 0.29) is 12.8 Å². The molecular formula is C9H18O4. The molecule has 0 aromatic heterocycles. The van der Waals surface area contributed by atoms with Gasteiger partial charge in [-0.25, -0.2) is 0 Å². The number of aliphatic hydroxyl groups is 2. The molecule has 1 unspecified atom stereocenters.